The Kier molecular flexibility index (Phi) is 3.19. The number of piperidine rings is 1. The molecule has 2 N–H and O–H groups in total. The van der Waals surface area contributed by atoms with Crippen LogP contribution in [0.25, 0.3) is 10.9 Å². The Morgan fingerprint density at radius 1 is 1.14 bits per heavy atom. The molecule has 1 aromatic carbocycles. The molecule has 1 saturated heterocycles. The van der Waals surface area contributed by atoms with Crippen molar-refractivity contribution in [3.05, 3.63) is 36.0 Å². The van der Waals surface area contributed by atoms with Gasteiger partial charge in [0.05, 0.1) is 11.1 Å². The highest BCUT2D eigenvalue weighted by Gasteiger charge is 2.32. The molecule has 2 aliphatic rings. The molecular weight excluding hydrogens is 262 g/mol. The van der Waals surface area contributed by atoms with E-state index in [-0.39, 0.29) is 5.91 Å². The van der Waals surface area contributed by atoms with E-state index in [1.165, 1.54) is 12.8 Å². The lowest BCUT2D eigenvalue weighted by atomic mass is 10.0. The lowest BCUT2D eigenvalue weighted by molar-refractivity contribution is 0.0910. The van der Waals surface area contributed by atoms with E-state index >= 15 is 0 Å². The SMILES string of the molecule is O=C(NC1CCN(C2CC2)CC1)c1cccc2cc[nH]c12. The number of likely N-dealkylation sites (tertiary alicyclic amines) is 1. The molecule has 2 heterocycles. The van der Waals surface area contributed by atoms with Gasteiger partial charge in [0.2, 0.25) is 0 Å². The van der Waals surface area contributed by atoms with E-state index in [0.717, 1.165) is 48.4 Å². The normalized spacial score (nSPS) is 20.8. The number of hydrogen-bond donors (Lipinski definition) is 2. The minimum absolute atomic E-state index is 0.0490. The number of para-hydroxylation sites is 1. The van der Waals surface area contributed by atoms with E-state index in [0.29, 0.717) is 6.04 Å². The maximum atomic E-state index is 12.5. The first-order valence-electron chi connectivity index (χ1n) is 7.92. The number of fused-ring (bicyclic) bond motifs is 1. The Morgan fingerprint density at radius 2 is 1.95 bits per heavy atom. The monoisotopic (exact) mass is 283 g/mol. The molecule has 0 atom stereocenters. The molecule has 110 valence electrons. The second-order valence-electron chi connectivity index (χ2n) is 6.26. The third-order valence-corrected chi connectivity index (χ3v) is 4.76. The number of rotatable bonds is 3. The van der Waals surface area contributed by atoms with Gasteiger partial charge in [0.15, 0.2) is 0 Å². The number of nitrogens with one attached hydrogen (secondary N) is 2. The molecule has 21 heavy (non-hydrogen) atoms. The summed E-state index contributed by atoms with van der Waals surface area (Å²) >= 11 is 0. The van der Waals surface area contributed by atoms with Crippen LogP contribution in [0.15, 0.2) is 30.5 Å². The second kappa shape index (κ2) is 5.19. The maximum absolute atomic E-state index is 12.5. The predicted octanol–water partition coefficient (Wildman–Crippen LogP) is 2.52. The Bertz CT molecular complexity index is 651. The molecule has 0 bridgehead atoms. The van der Waals surface area contributed by atoms with Crippen LogP contribution < -0.4 is 5.32 Å². The zero-order valence-corrected chi connectivity index (χ0v) is 12.1. The van der Waals surface area contributed by atoms with Crippen LogP contribution in [-0.4, -0.2) is 41.0 Å². The van der Waals surface area contributed by atoms with Gasteiger partial charge in [-0.2, -0.15) is 0 Å². The largest absolute Gasteiger partial charge is 0.361 e. The zero-order valence-electron chi connectivity index (χ0n) is 12.1. The summed E-state index contributed by atoms with van der Waals surface area (Å²) in [4.78, 5) is 18.3. The fourth-order valence-electron chi connectivity index (χ4n) is 3.39. The van der Waals surface area contributed by atoms with Gasteiger partial charge in [0.25, 0.3) is 5.91 Å². The highest BCUT2D eigenvalue weighted by Crippen LogP contribution is 2.29. The number of hydrogen-bond acceptors (Lipinski definition) is 2. The highest BCUT2D eigenvalue weighted by molar-refractivity contribution is 6.05. The van der Waals surface area contributed by atoms with Crippen LogP contribution >= 0.6 is 0 Å². The lowest BCUT2D eigenvalue weighted by Crippen LogP contribution is -2.45. The van der Waals surface area contributed by atoms with Crippen LogP contribution in [0.2, 0.25) is 0 Å². The van der Waals surface area contributed by atoms with Crippen LogP contribution in [-0.2, 0) is 0 Å². The molecule has 4 heteroatoms. The van der Waals surface area contributed by atoms with Crippen molar-refractivity contribution in [1.82, 2.24) is 15.2 Å². The van der Waals surface area contributed by atoms with Gasteiger partial charge in [-0.25, -0.2) is 0 Å². The van der Waals surface area contributed by atoms with Gasteiger partial charge in [-0.05, 0) is 37.8 Å². The van der Waals surface area contributed by atoms with Gasteiger partial charge in [-0.3, -0.25) is 4.79 Å². The number of H-pyrrole nitrogens is 1. The van der Waals surface area contributed by atoms with Crippen molar-refractivity contribution in [3.63, 3.8) is 0 Å². The molecule has 4 rings (SSSR count). The summed E-state index contributed by atoms with van der Waals surface area (Å²) in [5.74, 6) is 0.0490. The number of aromatic nitrogens is 1. The molecule has 1 aliphatic carbocycles. The Balaban J connectivity index is 1.42. The van der Waals surface area contributed by atoms with Gasteiger partial charge >= 0.3 is 0 Å². The van der Waals surface area contributed by atoms with Crippen LogP contribution in [0.5, 0.6) is 0 Å². The molecule has 1 aliphatic heterocycles. The lowest BCUT2D eigenvalue weighted by Gasteiger charge is -2.32. The average molecular weight is 283 g/mol. The van der Waals surface area contributed by atoms with Crippen molar-refractivity contribution in [1.29, 1.82) is 0 Å². The van der Waals surface area contributed by atoms with Crippen molar-refractivity contribution >= 4 is 16.8 Å². The fourth-order valence-corrected chi connectivity index (χ4v) is 3.39. The first-order chi connectivity index (χ1) is 10.3. The third kappa shape index (κ3) is 2.56. The number of aromatic amines is 1. The average Bonchev–Trinajstić information content (AvgIpc) is 3.24. The van der Waals surface area contributed by atoms with Crippen molar-refractivity contribution in [2.45, 2.75) is 37.8 Å². The van der Waals surface area contributed by atoms with Crippen LogP contribution in [0.1, 0.15) is 36.0 Å². The highest BCUT2D eigenvalue weighted by atomic mass is 16.1. The number of nitrogens with zero attached hydrogens (tertiary/aromatic N) is 1. The second-order valence-corrected chi connectivity index (χ2v) is 6.26. The van der Waals surface area contributed by atoms with Crippen LogP contribution in [0.3, 0.4) is 0 Å². The number of carbonyl (C=O) groups excluding carboxylic acids is 1. The van der Waals surface area contributed by atoms with Crippen molar-refractivity contribution in [3.8, 4) is 0 Å². The molecule has 2 aromatic rings. The quantitative estimate of drug-likeness (QED) is 0.909. The van der Waals surface area contributed by atoms with E-state index < -0.39 is 0 Å². The first kappa shape index (κ1) is 12.9. The third-order valence-electron chi connectivity index (χ3n) is 4.76. The molecule has 1 aromatic heterocycles. The summed E-state index contributed by atoms with van der Waals surface area (Å²) in [7, 11) is 0. The van der Waals surface area contributed by atoms with E-state index in [1.54, 1.807) is 0 Å². The summed E-state index contributed by atoms with van der Waals surface area (Å²) in [6.45, 7) is 2.25. The standard InChI is InChI=1S/C17H21N3O/c21-17(15-3-1-2-12-6-9-18-16(12)15)19-13-7-10-20(11-8-13)14-4-5-14/h1-3,6,9,13-14,18H,4-5,7-8,10-11H2,(H,19,21). The number of amides is 1. The van der Waals surface area contributed by atoms with Gasteiger partial charge in [0.1, 0.15) is 0 Å². The summed E-state index contributed by atoms with van der Waals surface area (Å²) in [6.07, 6.45) is 6.76. The minimum Gasteiger partial charge on any atom is -0.361 e. The zero-order chi connectivity index (χ0) is 14.2. The minimum atomic E-state index is 0.0490. The van der Waals surface area contributed by atoms with Crippen LogP contribution in [0.4, 0.5) is 0 Å². The molecule has 0 unspecified atom stereocenters. The summed E-state index contributed by atoms with van der Waals surface area (Å²) < 4.78 is 0. The van der Waals surface area contributed by atoms with E-state index in [4.69, 9.17) is 0 Å². The van der Waals surface area contributed by atoms with Gasteiger partial charge < -0.3 is 15.2 Å². The molecule has 4 nitrogen and oxygen atoms in total. The Hall–Kier alpha value is -1.81. The molecule has 0 spiro atoms. The fraction of sp³-hybridized carbons (Fsp3) is 0.471. The van der Waals surface area contributed by atoms with Gasteiger partial charge in [0, 0.05) is 36.8 Å². The van der Waals surface area contributed by atoms with Crippen LogP contribution in [0, 0.1) is 0 Å². The van der Waals surface area contributed by atoms with Crippen molar-refractivity contribution in [2.75, 3.05) is 13.1 Å². The summed E-state index contributed by atoms with van der Waals surface area (Å²) in [6, 6.07) is 9.03. The topological polar surface area (TPSA) is 48.1 Å². The summed E-state index contributed by atoms with van der Waals surface area (Å²) in [5.41, 5.74) is 1.69. The van der Waals surface area contributed by atoms with Gasteiger partial charge in [-0.15, -0.1) is 0 Å². The van der Waals surface area contributed by atoms with E-state index in [1.807, 2.05) is 30.5 Å². The first-order valence-corrected chi connectivity index (χ1v) is 7.92. The molecule has 0 radical (unpaired) electrons. The summed E-state index contributed by atoms with van der Waals surface area (Å²) in [5, 5.41) is 4.30. The van der Waals surface area contributed by atoms with Crippen molar-refractivity contribution in [2.24, 2.45) is 0 Å². The molecule has 1 amide bonds. The van der Waals surface area contributed by atoms with E-state index in [2.05, 4.69) is 15.2 Å². The smallest absolute Gasteiger partial charge is 0.253 e. The number of carbonyl (C=O) groups is 1. The molecule has 1 saturated carbocycles. The maximum Gasteiger partial charge on any atom is 0.253 e. The molecule has 2 fully saturated rings. The number of benzene rings is 1. The molecular formula is C17H21N3O. The van der Waals surface area contributed by atoms with Gasteiger partial charge in [-0.1, -0.05) is 12.1 Å². The van der Waals surface area contributed by atoms with E-state index in [9.17, 15) is 4.79 Å². The predicted molar refractivity (Wildman–Crippen MR) is 83.4 cm³/mol. The Labute approximate surface area is 124 Å². The Morgan fingerprint density at radius 3 is 2.71 bits per heavy atom. The van der Waals surface area contributed by atoms with Crippen molar-refractivity contribution < 1.29 is 4.79 Å².